The van der Waals surface area contributed by atoms with Crippen molar-refractivity contribution in [2.45, 2.75) is 61.3 Å². The fourth-order valence-electron chi connectivity index (χ4n) is 2.30. The molecule has 0 aliphatic rings. The molecule has 0 spiro atoms. The number of hydrogen-bond acceptors (Lipinski definition) is 5. The van der Waals surface area contributed by atoms with E-state index in [2.05, 4.69) is 25.0 Å². The van der Waals surface area contributed by atoms with Gasteiger partial charge in [-0.25, -0.2) is 0 Å². The quantitative estimate of drug-likeness (QED) is 0.405. The zero-order valence-corrected chi connectivity index (χ0v) is 16.1. The van der Waals surface area contributed by atoms with Crippen LogP contribution < -0.4 is 0 Å². The summed E-state index contributed by atoms with van der Waals surface area (Å²) >= 11 is 0. The Balaban J connectivity index is 4.68. The largest absolute Gasteiger partial charge is 0.465 e. The highest BCUT2D eigenvalue weighted by molar-refractivity contribution is 7.85. The van der Waals surface area contributed by atoms with E-state index in [0.717, 1.165) is 6.26 Å². The average molecular weight is 336 g/mol. The Morgan fingerprint density at radius 1 is 0.955 bits per heavy atom. The van der Waals surface area contributed by atoms with Crippen LogP contribution in [0, 0.1) is 16.2 Å². The lowest BCUT2D eigenvalue weighted by molar-refractivity contribution is -0.165. The minimum atomic E-state index is -3.44. The van der Waals surface area contributed by atoms with Crippen LogP contribution in [0.1, 0.15) is 61.3 Å². The standard InChI is InChI=1S/C16H32O5S/c1-14(2,3)12-16(7,15(4,5)6)13(17)20-10-9-11-21-22(8,18)19/h9-12H2,1-8H3. The molecule has 0 aliphatic carbocycles. The second-order valence-corrected chi connectivity index (χ2v) is 9.98. The molecular formula is C16H32O5S. The van der Waals surface area contributed by atoms with Gasteiger partial charge in [0.1, 0.15) is 0 Å². The molecule has 1 atom stereocenters. The Morgan fingerprint density at radius 2 is 1.45 bits per heavy atom. The molecule has 132 valence electrons. The first-order valence-electron chi connectivity index (χ1n) is 7.60. The average Bonchev–Trinajstić information content (AvgIpc) is 2.22. The molecule has 0 fully saturated rings. The van der Waals surface area contributed by atoms with Gasteiger partial charge in [-0.1, -0.05) is 41.5 Å². The highest BCUT2D eigenvalue weighted by atomic mass is 32.2. The molecule has 0 bridgehead atoms. The Morgan fingerprint density at radius 3 is 1.82 bits per heavy atom. The predicted octanol–water partition coefficient (Wildman–Crippen LogP) is 3.38. The van der Waals surface area contributed by atoms with E-state index in [0.29, 0.717) is 12.8 Å². The van der Waals surface area contributed by atoms with Crippen molar-refractivity contribution in [3.8, 4) is 0 Å². The summed E-state index contributed by atoms with van der Waals surface area (Å²) in [6.07, 6.45) is 2.07. The van der Waals surface area contributed by atoms with Gasteiger partial charge in [-0.2, -0.15) is 8.42 Å². The lowest BCUT2D eigenvalue weighted by Crippen LogP contribution is -2.44. The predicted molar refractivity (Wildman–Crippen MR) is 88.0 cm³/mol. The molecule has 0 aromatic rings. The number of esters is 1. The molecule has 0 rings (SSSR count). The highest BCUT2D eigenvalue weighted by Crippen LogP contribution is 2.47. The minimum absolute atomic E-state index is 0.000446. The molecule has 0 aliphatic heterocycles. The van der Waals surface area contributed by atoms with Crippen LogP contribution in [0.15, 0.2) is 0 Å². The van der Waals surface area contributed by atoms with Gasteiger partial charge in [0.15, 0.2) is 0 Å². The van der Waals surface area contributed by atoms with E-state index in [4.69, 9.17) is 4.74 Å². The molecule has 6 heteroatoms. The number of carbonyl (C=O) groups excluding carboxylic acids is 1. The van der Waals surface area contributed by atoms with Crippen molar-refractivity contribution in [2.24, 2.45) is 16.2 Å². The summed E-state index contributed by atoms with van der Waals surface area (Å²) in [5, 5.41) is 0. The zero-order chi connectivity index (χ0) is 17.8. The molecule has 0 heterocycles. The van der Waals surface area contributed by atoms with Crippen molar-refractivity contribution < 1.29 is 22.1 Å². The van der Waals surface area contributed by atoms with E-state index >= 15 is 0 Å². The molecule has 0 saturated heterocycles. The second kappa shape index (κ2) is 7.30. The number of hydrogen-bond donors (Lipinski definition) is 0. The van der Waals surface area contributed by atoms with Crippen molar-refractivity contribution in [1.29, 1.82) is 0 Å². The fraction of sp³-hybridized carbons (Fsp3) is 0.938. The molecule has 0 amide bonds. The normalized spacial score (nSPS) is 16.2. The maximum Gasteiger partial charge on any atom is 0.312 e. The summed E-state index contributed by atoms with van der Waals surface area (Å²) in [5.74, 6) is -0.241. The van der Waals surface area contributed by atoms with Crippen LogP contribution in [0.2, 0.25) is 0 Å². The molecular weight excluding hydrogens is 304 g/mol. The van der Waals surface area contributed by atoms with E-state index in [1.54, 1.807) is 0 Å². The van der Waals surface area contributed by atoms with E-state index in [1.807, 2.05) is 27.7 Å². The molecule has 5 nitrogen and oxygen atoms in total. The summed E-state index contributed by atoms with van der Waals surface area (Å²) < 4.78 is 31.7. The maximum absolute atomic E-state index is 12.6. The fourth-order valence-corrected chi connectivity index (χ4v) is 2.72. The van der Waals surface area contributed by atoms with Gasteiger partial charge in [-0.3, -0.25) is 8.98 Å². The summed E-state index contributed by atoms with van der Waals surface area (Å²) in [6, 6.07) is 0. The Kier molecular flexibility index (Phi) is 7.09. The van der Waals surface area contributed by atoms with Crippen molar-refractivity contribution >= 4 is 16.1 Å². The third-order valence-corrected chi connectivity index (χ3v) is 4.40. The monoisotopic (exact) mass is 336 g/mol. The zero-order valence-electron chi connectivity index (χ0n) is 15.3. The molecule has 0 radical (unpaired) electrons. The molecule has 0 aromatic heterocycles. The first-order valence-corrected chi connectivity index (χ1v) is 9.42. The first-order chi connectivity index (χ1) is 9.58. The number of rotatable bonds is 7. The van der Waals surface area contributed by atoms with Gasteiger partial charge in [0.05, 0.1) is 24.9 Å². The molecule has 1 unspecified atom stereocenters. The van der Waals surface area contributed by atoms with Gasteiger partial charge in [-0.15, -0.1) is 0 Å². The highest BCUT2D eigenvalue weighted by Gasteiger charge is 2.47. The van der Waals surface area contributed by atoms with E-state index in [-0.39, 0.29) is 30.0 Å². The van der Waals surface area contributed by atoms with Gasteiger partial charge in [0, 0.05) is 6.42 Å². The second-order valence-electron chi connectivity index (χ2n) is 8.34. The lowest BCUT2D eigenvalue weighted by atomic mass is 9.61. The first kappa shape index (κ1) is 21.4. The van der Waals surface area contributed by atoms with Crippen LogP contribution in [0.5, 0.6) is 0 Å². The molecule has 0 aromatic carbocycles. The summed E-state index contributed by atoms with van der Waals surface area (Å²) in [5.41, 5.74) is -0.843. The molecule has 0 N–H and O–H groups in total. The van der Waals surface area contributed by atoms with E-state index in [1.165, 1.54) is 0 Å². The van der Waals surface area contributed by atoms with Crippen molar-refractivity contribution in [3.63, 3.8) is 0 Å². The lowest BCUT2D eigenvalue weighted by Gasteiger charge is -2.43. The van der Waals surface area contributed by atoms with E-state index < -0.39 is 15.5 Å². The van der Waals surface area contributed by atoms with Crippen LogP contribution in [0.3, 0.4) is 0 Å². The van der Waals surface area contributed by atoms with Crippen LogP contribution in [0.4, 0.5) is 0 Å². The van der Waals surface area contributed by atoms with Gasteiger partial charge in [-0.05, 0) is 24.2 Å². The smallest absolute Gasteiger partial charge is 0.312 e. The SMILES string of the molecule is CC(C)(C)CC(C)(C(=O)OCCCOS(C)(=O)=O)C(C)(C)C. The summed E-state index contributed by atoms with van der Waals surface area (Å²) in [4.78, 5) is 12.6. The van der Waals surface area contributed by atoms with Crippen LogP contribution in [-0.2, 0) is 23.8 Å². The third kappa shape index (κ3) is 7.58. The maximum atomic E-state index is 12.6. The molecule has 22 heavy (non-hydrogen) atoms. The summed E-state index contributed by atoms with van der Waals surface area (Å²) in [7, 11) is -3.44. The van der Waals surface area contributed by atoms with Gasteiger partial charge in [0.2, 0.25) is 0 Å². The van der Waals surface area contributed by atoms with Crippen LogP contribution in [0.25, 0.3) is 0 Å². The van der Waals surface area contributed by atoms with Crippen molar-refractivity contribution in [2.75, 3.05) is 19.5 Å². The Labute approximate surface area is 135 Å². The van der Waals surface area contributed by atoms with Gasteiger partial charge in [0.25, 0.3) is 10.1 Å². The minimum Gasteiger partial charge on any atom is -0.465 e. The summed E-state index contributed by atoms with van der Waals surface area (Å²) in [6.45, 7) is 14.5. The number of carbonyl (C=O) groups is 1. The molecule has 0 saturated carbocycles. The van der Waals surface area contributed by atoms with Crippen LogP contribution in [-0.4, -0.2) is 33.9 Å². The Hall–Kier alpha value is -0.620. The van der Waals surface area contributed by atoms with Crippen molar-refractivity contribution in [1.82, 2.24) is 0 Å². The van der Waals surface area contributed by atoms with Gasteiger partial charge >= 0.3 is 5.97 Å². The number of ether oxygens (including phenoxy) is 1. The van der Waals surface area contributed by atoms with Crippen molar-refractivity contribution in [3.05, 3.63) is 0 Å². The topological polar surface area (TPSA) is 69.7 Å². The third-order valence-electron chi connectivity index (χ3n) is 3.81. The van der Waals surface area contributed by atoms with Gasteiger partial charge < -0.3 is 4.74 Å². The Bertz CT molecular complexity index is 468. The van der Waals surface area contributed by atoms with Crippen LogP contribution >= 0.6 is 0 Å². The van der Waals surface area contributed by atoms with E-state index in [9.17, 15) is 13.2 Å².